The molecule has 0 saturated carbocycles. The van der Waals surface area contributed by atoms with E-state index >= 15 is 0 Å². The van der Waals surface area contributed by atoms with Gasteiger partial charge in [-0.2, -0.15) is 5.11 Å². The zero-order chi connectivity index (χ0) is 15.5. The number of anilines is 1. The summed E-state index contributed by atoms with van der Waals surface area (Å²) in [5.41, 5.74) is 4.71. The highest BCUT2D eigenvalue weighted by atomic mass is 15.1. The lowest BCUT2D eigenvalue weighted by Gasteiger charge is -2.11. The maximum Gasteiger partial charge on any atom is 0.0969 e. The second kappa shape index (κ2) is 5.93. The number of pyridine rings is 1. The number of para-hydroxylation sites is 1. The first-order chi connectivity index (χ1) is 10.6. The predicted molar refractivity (Wildman–Crippen MR) is 91.4 cm³/mol. The highest BCUT2D eigenvalue weighted by molar-refractivity contribution is 5.89. The largest absolute Gasteiger partial charge is 0.378 e. The molecule has 0 atom stereocenters. The van der Waals surface area contributed by atoms with Gasteiger partial charge in [-0.25, -0.2) is 0 Å². The summed E-state index contributed by atoms with van der Waals surface area (Å²) in [6.07, 6.45) is 0. The monoisotopic (exact) mass is 290 g/mol. The third kappa shape index (κ3) is 2.96. The highest BCUT2D eigenvalue weighted by Crippen LogP contribution is 2.28. The normalized spacial score (nSPS) is 11.2. The van der Waals surface area contributed by atoms with Crippen LogP contribution in [0.1, 0.15) is 5.69 Å². The van der Waals surface area contributed by atoms with Crippen molar-refractivity contribution in [1.29, 1.82) is 0 Å². The number of fused-ring (bicyclic) bond motifs is 1. The molecule has 0 unspecified atom stereocenters. The molecule has 0 aliphatic heterocycles. The van der Waals surface area contributed by atoms with Crippen molar-refractivity contribution >= 4 is 28.0 Å². The molecule has 1 aromatic heterocycles. The van der Waals surface area contributed by atoms with Crippen molar-refractivity contribution in [2.75, 3.05) is 19.0 Å². The number of aromatic nitrogens is 1. The van der Waals surface area contributed by atoms with E-state index in [4.69, 9.17) is 0 Å². The van der Waals surface area contributed by atoms with E-state index in [9.17, 15) is 0 Å². The first-order valence-corrected chi connectivity index (χ1v) is 7.19. The van der Waals surface area contributed by atoms with Gasteiger partial charge in [0.1, 0.15) is 0 Å². The number of nitrogens with zero attached hydrogens (tertiary/aromatic N) is 4. The molecule has 22 heavy (non-hydrogen) atoms. The van der Waals surface area contributed by atoms with Crippen molar-refractivity contribution in [3.63, 3.8) is 0 Å². The van der Waals surface area contributed by atoms with Gasteiger partial charge in [0.2, 0.25) is 0 Å². The maximum absolute atomic E-state index is 4.52. The highest BCUT2D eigenvalue weighted by Gasteiger charge is 2.02. The minimum atomic E-state index is 0.837. The molecule has 1 heterocycles. The van der Waals surface area contributed by atoms with Crippen LogP contribution < -0.4 is 4.90 Å². The quantitative estimate of drug-likeness (QED) is 0.635. The molecule has 0 aliphatic carbocycles. The summed E-state index contributed by atoms with van der Waals surface area (Å²) in [7, 11) is 4.03. The van der Waals surface area contributed by atoms with Crippen LogP contribution in [0.25, 0.3) is 10.9 Å². The van der Waals surface area contributed by atoms with Crippen LogP contribution in [0.2, 0.25) is 0 Å². The smallest absolute Gasteiger partial charge is 0.0969 e. The number of hydrogen-bond donors (Lipinski definition) is 0. The molecule has 3 rings (SSSR count). The first kappa shape index (κ1) is 14.2. The van der Waals surface area contributed by atoms with Gasteiger partial charge in [-0.15, -0.1) is 5.11 Å². The van der Waals surface area contributed by atoms with E-state index < -0.39 is 0 Å². The van der Waals surface area contributed by atoms with Crippen LogP contribution >= 0.6 is 0 Å². The van der Waals surface area contributed by atoms with Crippen LogP contribution in [0.3, 0.4) is 0 Å². The van der Waals surface area contributed by atoms with Crippen LogP contribution in [0.4, 0.5) is 17.1 Å². The lowest BCUT2D eigenvalue weighted by atomic mass is 10.2. The van der Waals surface area contributed by atoms with Gasteiger partial charge < -0.3 is 4.90 Å². The van der Waals surface area contributed by atoms with Gasteiger partial charge in [0.05, 0.1) is 16.9 Å². The lowest BCUT2D eigenvalue weighted by Crippen LogP contribution is -2.07. The number of benzene rings is 2. The molecular weight excluding hydrogens is 272 g/mol. The summed E-state index contributed by atoms with van der Waals surface area (Å²) in [6, 6.07) is 17.9. The lowest BCUT2D eigenvalue weighted by molar-refractivity contribution is 1.13. The molecular formula is C18H18N4. The average molecular weight is 290 g/mol. The van der Waals surface area contributed by atoms with Crippen LogP contribution in [0.15, 0.2) is 64.8 Å². The van der Waals surface area contributed by atoms with Crippen LogP contribution in [0.5, 0.6) is 0 Å². The summed E-state index contributed by atoms with van der Waals surface area (Å²) < 4.78 is 0. The number of rotatable bonds is 3. The minimum absolute atomic E-state index is 0.837. The van der Waals surface area contributed by atoms with Gasteiger partial charge in [-0.05, 0) is 43.3 Å². The maximum atomic E-state index is 4.52. The summed E-state index contributed by atoms with van der Waals surface area (Å²) in [4.78, 5) is 6.57. The van der Waals surface area contributed by atoms with Gasteiger partial charge in [0.25, 0.3) is 0 Å². The SMILES string of the molecule is Cc1cc(N=Nc2ccc(N(C)C)cc2)c2ccccc2n1. The van der Waals surface area contributed by atoms with E-state index in [2.05, 4.69) is 20.1 Å². The second-order valence-corrected chi connectivity index (χ2v) is 5.41. The molecule has 3 aromatic rings. The third-order valence-electron chi connectivity index (χ3n) is 3.46. The van der Waals surface area contributed by atoms with Crippen molar-refractivity contribution in [3.8, 4) is 0 Å². The average Bonchev–Trinajstić information content (AvgIpc) is 2.52. The van der Waals surface area contributed by atoms with E-state index in [1.807, 2.05) is 75.6 Å². The Morgan fingerprint density at radius 1 is 0.909 bits per heavy atom. The van der Waals surface area contributed by atoms with E-state index in [-0.39, 0.29) is 0 Å². The van der Waals surface area contributed by atoms with Crippen LogP contribution in [0, 0.1) is 6.92 Å². The van der Waals surface area contributed by atoms with Gasteiger partial charge in [-0.3, -0.25) is 4.98 Å². The van der Waals surface area contributed by atoms with Crippen molar-refractivity contribution in [2.45, 2.75) is 6.92 Å². The van der Waals surface area contributed by atoms with Gasteiger partial charge in [0.15, 0.2) is 0 Å². The summed E-state index contributed by atoms with van der Waals surface area (Å²) in [6.45, 7) is 1.97. The number of azo groups is 1. The molecule has 0 N–H and O–H groups in total. The fourth-order valence-corrected chi connectivity index (χ4v) is 2.30. The van der Waals surface area contributed by atoms with E-state index in [0.29, 0.717) is 0 Å². The Hall–Kier alpha value is -2.75. The van der Waals surface area contributed by atoms with E-state index in [1.54, 1.807) is 0 Å². The molecule has 0 fully saturated rings. The molecule has 2 aromatic carbocycles. The Labute approximate surface area is 130 Å². The second-order valence-electron chi connectivity index (χ2n) is 5.41. The summed E-state index contributed by atoms with van der Waals surface area (Å²) in [5.74, 6) is 0. The van der Waals surface area contributed by atoms with Gasteiger partial charge in [-0.1, -0.05) is 18.2 Å². The summed E-state index contributed by atoms with van der Waals surface area (Å²) in [5, 5.41) is 9.77. The Bertz CT molecular complexity index is 820. The van der Waals surface area contributed by atoms with Crippen LogP contribution in [-0.2, 0) is 0 Å². The van der Waals surface area contributed by atoms with Crippen molar-refractivity contribution in [3.05, 3.63) is 60.3 Å². The zero-order valence-electron chi connectivity index (χ0n) is 13.0. The van der Waals surface area contributed by atoms with E-state index in [1.165, 1.54) is 0 Å². The standard InChI is InChI=1S/C18H18N4/c1-13-12-18(16-6-4-5-7-17(16)19-13)21-20-14-8-10-15(11-9-14)22(2)3/h4-12H,1-3H3. The Morgan fingerprint density at radius 2 is 1.64 bits per heavy atom. The van der Waals surface area contributed by atoms with Gasteiger partial charge in [0, 0.05) is 30.9 Å². The molecule has 0 radical (unpaired) electrons. The topological polar surface area (TPSA) is 40.9 Å². The molecule has 4 heteroatoms. The number of hydrogen-bond acceptors (Lipinski definition) is 4. The van der Waals surface area contributed by atoms with Crippen molar-refractivity contribution < 1.29 is 0 Å². The fourth-order valence-electron chi connectivity index (χ4n) is 2.30. The predicted octanol–water partition coefficient (Wildman–Crippen LogP) is 5.02. The zero-order valence-corrected chi connectivity index (χ0v) is 13.0. The van der Waals surface area contributed by atoms with Crippen LogP contribution in [-0.4, -0.2) is 19.1 Å². The van der Waals surface area contributed by atoms with E-state index in [0.717, 1.165) is 33.7 Å². The minimum Gasteiger partial charge on any atom is -0.378 e. The molecule has 0 spiro atoms. The molecule has 0 saturated heterocycles. The molecule has 0 aliphatic rings. The van der Waals surface area contributed by atoms with Crippen molar-refractivity contribution in [2.24, 2.45) is 10.2 Å². The fraction of sp³-hybridized carbons (Fsp3) is 0.167. The molecule has 4 nitrogen and oxygen atoms in total. The Balaban J connectivity index is 1.95. The Kier molecular flexibility index (Phi) is 3.83. The summed E-state index contributed by atoms with van der Waals surface area (Å²) >= 11 is 0. The molecule has 0 bridgehead atoms. The third-order valence-corrected chi connectivity index (χ3v) is 3.46. The van der Waals surface area contributed by atoms with Crippen molar-refractivity contribution in [1.82, 2.24) is 4.98 Å². The number of aryl methyl sites for hydroxylation is 1. The van der Waals surface area contributed by atoms with Gasteiger partial charge >= 0.3 is 0 Å². The Morgan fingerprint density at radius 3 is 2.36 bits per heavy atom. The first-order valence-electron chi connectivity index (χ1n) is 7.19. The molecule has 110 valence electrons. The molecule has 0 amide bonds.